The summed E-state index contributed by atoms with van der Waals surface area (Å²) in [5.41, 5.74) is 4.09. The van der Waals surface area contributed by atoms with Gasteiger partial charge in [0.1, 0.15) is 0 Å². The number of aliphatic hydroxyl groups is 1. The van der Waals surface area contributed by atoms with Crippen LogP contribution in [-0.4, -0.2) is 11.2 Å². The van der Waals surface area contributed by atoms with Crippen LogP contribution in [0.2, 0.25) is 0 Å². The summed E-state index contributed by atoms with van der Waals surface area (Å²) in [6.07, 6.45) is 19.6. The van der Waals surface area contributed by atoms with Crippen LogP contribution in [0.15, 0.2) is 35.5 Å². The van der Waals surface area contributed by atoms with Gasteiger partial charge in [0.15, 0.2) is 0 Å². The van der Waals surface area contributed by atoms with Gasteiger partial charge in [0.05, 0.1) is 6.10 Å². The van der Waals surface area contributed by atoms with Gasteiger partial charge in [0.25, 0.3) is 0 Å². The van der Waals surface area contributed by atoms with E-state index in [-0.39, 0.29) is 6.10 Å². The van der Waals surface area contributed by atoms with Crippen molar-refractivity contribution in [3.63, 3.8) is 0 Å². The summed E-state index contributed by atoms with van der Waals surface area (Å²) in [5, 5.41) is 10.2. The van der Waals surface area contributed by atoms with Gasteiger partial charge in [-0.1, -0.05) is 112 Å². The molecule has 7 atom stereocenters. The summed E-state index contributed by atoms with van der Waals surface area (Å²) in [5.74, 6) is 3.78. The molecule has 0 spiro atoms. The van der Waals surface area contributed by atoms with Crippen LogP contribution in [0.1, 0.15) is 128 Å². The highest BCUT2D eigenvalue weighted by Crippen LogP contribution is 2.65. The Kier molecular flexibility index (Phi) is 12.9. The molecule has 0 bridgehead atoms. The van der Waals surface area contributed by atoms with E-state index in [1.165, 1.54) is 44.1 Å². The number of hydrogen-bond acceptors (Lipinski definition) is 1. The summed E-state index contributed by atoms with van der Waals surface area (Å²) < 4.78 is 0. The van der Waals surface area contributed by atoms with Crippen molar-refractivity contribution in [3.05, 3.63) is 35.5 Å². The molecule has 0 radical (unpaired) electrons. The number of fused-ring (bicyclic) bond motifs is 5. The van der Waals surface area contributed by atoms with Crippen molar-refractivity contribution in [1.29, 1.82) is 0 Å². The van der Waals surface area contributed by atoms with Gasteiger partial charge in [-0.15, -0.1) is 0 Å². The van der Waals surface area contributed by atoms with E-state index < -0.39 is 0 Å². The fourth-order valence-electron chi connectivity index (χ4n) is 7.59. The zero-order chi connectivity index (χ0) is 26.1. The average molecular weight is 473 g/mol. The van der Waals surface area contributed by atoms with Gasteiger partial charge >= 0.3 is 0 Å². The monoisotopic (exact) mass is 472 g/mol. The maximum absolute atomic E-state index is 10.2. The second kappa shape index (κ2) is 14.1. The van der Waals surface area contributed by atoms with Gasteiger partial charge in [0.2, 0.25) is 0 Å². The van der Waals surface area contributed by atoms with Crippen molar-refractivity contribution in [3.8, 4) is 0 Å². The van der Waals surface area contributed by atoms with Crippen molar-refractivity contribution < 1.29 is 5.11 Å². The van der Waals surface area contributed by atoms with Crippen LogP contribution in [0.3, 0.4) is 0 Å². The molecule has 0 aromatic carbocycles. The SMILES string of the molecule is CC.CC.CC.CC(C)C/C=C/C(C)C1CCC2C3=CC=C4CC(O)CCC4(C)C3CCC21C. The molecular formula is C33H60O. The van der Waals surface area contributed by atoms with Crippen molar-refractivity contribution in [2.75, 3.05) is 0 Å². The Bertz CT molecular complexity index is 683. The van der Waals surface area contributed by atoms with E-state index >= 15 is 0 Å². The number of aliphatic hydroxyl groups excluding tert-OH is 1. The molecule has 0 aromatic heterocycles. The molecule has 4 rings (SSSR count). The minimum Gasteiger partial charge on any atom is -0.393 e. The summed E-state index contributed by atoms with van der Waals surface area (Å²) >= 11 is 0. The third-order valence-corrected chi connectivity index (χ3v) is 9.30. The second-order valence-electron chi connectivity index (χ2n) is 11.4. The number of hydrogen-bond donors (Lipinski definition) is 1. The Labute approximate surface area is 214 Å². The summed E-state index contributed by atoms with van der Waals surface area (Å²) in [6.45, 7) is 24.2. The molecule has 4 aliphatic rings. The van der Waals surface area contributed by atoms with Gasteiger partial charge < -0.3 is 5.11 Å². The molecule has 0 heterocycles. The average Bonchev–Trinajstić information content (AvgIpc) is 3.20. The van der Waals surface area contributed by atoms with Gasteiger partial charge in [-0.3, -0.25) is 0 Å². The van der Waals surface area contributed by atoms with Crippen molar-refractivity contribution >= 4 is 0 Å². The minimum absolute atomic E-state index is 0.113. The standard InChI is InChI=1S/C27H42O.3C2H6/c1-18(2)7-6-8-19(3)23-11-12-24-22-10-9-20-17-21(28)13-15-26(20,4)25(22)14-16-27(23,24)5;3*1-2/h6,8-10,18-19,21,23-25,28H,7,11-17H2,1-5H3;3*1-2H3/b8-6+;;;. The molecule has 3 saturated carbocycles. The van der Waals surface area contributed by atoms with E-state index in [4.69, 9.17) is 0 Å². The van der Waals surface area contributed by atoms with Crippen molar-refractivity contribution in [2.24, 2.45) is 40.4 Å². The fraction of sp³-hybridized carbons (Fsp3) is 0.818. The van der Waals surface area contributed by atoms with Crippen LogP contribution < -0.4 is 0 Å². The van der Waals surface area contributed by atoms with Crippen LogP contribution in [0.5, 0.6) is 0 Å². The maximum Gasteiger partial charge on any atom is 0.0578 e. The second-order valence-corrected chi connectivity index (χ2v) is 11.4. The Morgan fingerprint density at radius 1 is 0.882 bits per heavy atom. The predicted octanol–water partition coefficient (Wildman–Crippen LogP) is 10.2. The Balaban J connectivity index is 0.000000894. The summed E-state index contributed by atoms with van der Waals surface area (Å²) in [4.78, 5) is 0. The lowest BCUT2D eigenvalue weighted by molar-refractivity contribution is 0.0383. The Hall–Kier alpha value is -0.820. The zero-order valence-corrected chi connectivity index (χ0v) is 24.9. The molecule has 34 heavy (non-hydrogen) atoms. The molecule has 3 fully saturated rings. The Morgan fingerprint density at radius 3 is 2.15 bits per heavy atom. The Morgan fingerprint density at radius 2 is 1.53 bits per heavy atom. The summed E-state index contributed by atoms with van der Waals surface area (Å²) in [6, 6.07) is 0. The van der Waals surface area contributed by atoms with Gasteiger partial charge in [0, 0.05) is 0 Å². The van der Waals surface area contributed by atoms with E-state index in [0.717, 1.165) is 36.5 Å². The molecule has 198 valence electrons. The van der Waals surface area contributed by atoms with Crippen LogP contribution in [0.4, 0.5) is 0 Å². The topological polar surface area (TPSA) is 20.2 Å². The predicted molar refractivity (Wildman–Crippen MR) is 153 cm³/mol. The number of rotatable bonds is 4. The highest BCUT2D eigenvalue weighted by Gasteiger charge is 2.56. The first-order chi connectivity index (χ1) is 16.3. The molecule has 1 heteroatoms. The first-order valence-corrected chi connectivity index (χ1v) is 15.0. The molecule has 0 aromatic rings. The molecule has 0 amide bonds. The van der Waals surface area contributed by atoms with E-state index in [2.05, 4.69) is 58.9 Å². The molecule has 0 saturated heterocycles. The van der Waals surface area contributed by atoms with Gasteiger partial charge in [-0.2, -0.15) is 0 Å². The fourth-order valence-corrected chi connectivity index (χ4v) is 7.59. The van der Waals surface area contributed by atoms with Crippen LogP contribution in [0.25, 0.3) is 0 Å². The van der Waals surface area contributed by atoms with Crippen LogP contribution >= 0.6 is 0 Å². The third kappa shape index (κ3) is 6.29. The van der Waals surface area contributed by atoms with E-state index in [1.54, 1.807) is 5.57 Å². The lowest BCUT2D eigenvalue weighted by Gasteiger charge is -2.55. The smallest absolute Gasteiger partial charge is 0.0578 e. The third-order valence-electron chi connectivity index (χ3n) is 9.30. The number of allylic oxidation sites excluding steroid dienone is 5. The highest BCUT2D eigenvalue weighted by atomic mass is 16.3. The van der Waals surface area contributed by atoms with Crippen molar-refractivity contribution in [2.45, 2.75) is 134 Å². The van der Waals surface area contributed by atoms with E-state index in [9.17, 15) is 5.11 Å². The molecule has 7 unspecified atom stereocenters. The molecule has 0 aliphatic heterocycles. The first-order valence-electron chi connectivity index (χ1n) is 15.0. The van der Waals surface area contributed by atoms with E-state index in [0.29, 0.717) is 16.7 Å². The zero-order valence-electron chi connectivity index (χ0n) is 24.9. The quantitative estimate of drug-likeness (QED) is 0.403. The maximum atomic E-state index is 10.2. The molecule has 1 nitrogen and oxygen atoms in total. The van der Waals surface area contributed by atoms with Crippen LogP contribution in [0, 0.1) is 40.4 Å². The molecule has 1 N–H and O–H groups in total. The largest absolute Gasteiger partial charge is 0.393 e. The molecular weight excluding hydrogens is 412 g/mol. The van der Waals surface area contributed by atoms with Crippen LogP contribution in [-0.2, 0) is 0 Å². The lowest BCUT2D eigenvalue weighted by atomic mass is 9.50. The molecule has 4 aliphatic carbocycles. The normalized spacial score (nSPS) is 36.7. The highest BCUT2D eigenvalue weighted by molar-refractivity contribution is 5.39. The minimum atomic E-state index is -0.113. The van der Waals surface area contributed by atoms with Gasteiger partial charge in [-0.25, -0.2) is 0 Å². The van der Waals surface area contributed by atoms with Gasteiger partial charge in [-0.05, 0) is 91.8 Å². The first kappa shape index (κ1) is 31.2. The summed E-state index contributed by atoms with van der Waals surface area (Å²) in [7, 11) is 0. The van der Waals surface area contributed by atoms with E-state index in [1.807, 2.05) is 41.5 Å². The van der Waals surface area contributed by atoms with Crippen molar-refractivity contribution in [1.82, 2.24) is 0 Å². The lowest BCUT2D eigenvalue weighted by Crippen LogP contribution is -2.46.